The van der Waals surface area contributed by atoms with Gasteiger partial charge in [-0.1, -0.05) is 12.1 Å². The Morgan fingerprint density at radius 2 is 1.97 bits per heavy atom. The number of hydrogen-bond acceptors (Lipinski definition) is 6. The van der Waals surface area contributed by atoms with Crippen molar-refractivity contribution in [1.82, 2.24) is 14.6 Å². The zero-order valence-corrected chi connectivity index (χ0v) is 19.3. The first-order valence-corrected chi connectivity index (χ1v) is 12.7. The molecule has 4 aromatic rings. The van der Waals surface area contributed by atoms with Crippen LogP contribution in [0.5, 0.6) is 5.75 Å². The smallest absolute Gasteiger partial charge is 0.257 e. The number of ether oxygens (including phenoxy) is 1. The predicted molar refractivity (Wildman–Crippen MR) is 127 cm³/mol. The van der Waals surface area contributed by atoms with Gasteiger partial charge in [-0.3, -0.25) is 9.59 Å². The van der Waals surface area contributed by atoms with Crippen molar-refractivity contribution in [3.05, 3.63) is 70.0 Å². The molecule has 1 aliphatic rings. The Kier molecular flexibility index (Phi) is 5.43. The van der Waals surface area contributed by atoms with Gasteiger partial charge < -0.3 is 14.6 Å². The number of nitrogens with one attached hydrogen (secondary N) is 2. The minimum absolute atomic E-state index is 0.0878. The van der Waals surface area contributed by atoms with Gasteiger partial charge in [-0.15, -0.1) is 11.3 Å². The van der Waals surface area contributed by atoms with Crippen molar-refractivity contribution in [2.75, 3.05) is 13.7 Å². The maximum atomic E-state index is 13.0. The fourth-order valence-electron chi connectivity index (χ4n) is 4.14. The Balaban J connectivity index is 1.35. The topological polar surface area (TPSA) is 109 Å². The van der Waals surface area contributed by atoms with Gasteiger partial charge in [0.05, 0.1) is 17.4 Å². The molecule has 33 heavy (non-hydrogen) atoms. The lowest BCUT2D eigenvalue weighted by molar-refractivity contribution is -0.129. The molecule has 170 valence electrons. The fraction of sp³-hybridized carbons (Fsp3) is 0.217. The molecule has 1 amide bonds. The number of benzene rings is 2. The van der Waals surface area contributed by atoms with E-state index in [0.29, 0.717) is 24.1 Å². The van der Waals surface area contributed by atoms with Gasteiger partial charge in [-0.05, 0) is 58.5 Å². The second-order valence-corrected chi connectivity index (χ2v) is 10.5. The van der Waals surface area contributed by atoms with E-state index < -0.39 is 16.1 Å². The Bertz CT molecular complexity index is 1540. The first kappa shape index (κ1) is 21.6. The van der Waals surface area contributed by atoms with Crippen molar-refractivity contribution in [2.45, 2.75) is 23.9 Å². The quantitative estimate of drug-likeness (QED) is 0.438. The molecule has 8 nitrogen and oxygen atoms in total. The molecule has 1 atom stereocenters. The molecular weight excluding hydrogens is 462 g/mol. The van der Waals surface area contributed by atoms with Gasteiger partial charge in [0.25, 0.3) is 5.56 Å². The normalized spacial score (nSPS) is 16.7. The molecule has 0 aliphatic carbocycles. The molecule has 1 saturated heterocycles. The molecule has 0 radical (unpaired) electrons. The summed E-state index contributed by atoms with van der Waals surface area (Å²) in [6, 6.07) is 11.2. The number of hydrogen-bond donors (Lipinski definition) is 2. The highest BCUT2D eigenvalue weighted by Gasteiger charge is 2.35. The second kappa shape index (κ2) is 8.29. The summed E-state index contributed by atoms with van der Waals surface area (Å²) in [6.45, 7) is 0.670. The predicted octanol–water partition coefficient (Wildman–Crippen LogP) is 2.83. The van der Waals surface area contributed by atoms with Crippen LogP contribution in [-0.2, 0) is 21.4 Å². The lowest BCUT2D eigenvalue weighted by Crippen LogP contribution is -2.41. The van der Waals surface area contributed by atoms with E-state index in [9.17, 15) is 18.0 Å². The number of methoxy groups -OCH3 is 1. The van der Waals surface area contributed by atoms with Gasteiger partial charge in [-0.25, -0.2) is 8.42 Å². The van der Waals surface area contributed by atoms with E-state index in [-0.39, 0.29) is 22.9 Å². The fourth-order valence-corrected chi connectivity index (χ4v) is 6.34. The highest BCUT2D eigenvalue weighted by Crippen LogP contribution is 2.27. The lowest BCUT2D eigenvalue weighted by atomic mass is 10.1. The summed E-state index contributed by atoms with van der Waals surface area (Å²) in [4.78, 5) is 29.5. The van der Waals surface area contributed by atoms with E-state index >= 15 is 0 Å². The molecule has 1 unspecified atom stereocenters. The standard InChI is InChI=1S/C23H21N3O5S2/c1-31-17-4-2-14-3-5-18(11-15(14)10-17)33(29,30)25-19-7-9-26(23(19)28)12-16-13-32-20-6-8-24-22(27)21(16)20/h2-6,8,10-11,13,19,25H,7,9,12H2,1H3,(H,24,27). The number of aromatic amines is 1. The summed E-state index contributed by atoms with van der Waals surface area (Å²) in [6.07, 6.45) is 1.96. The summed E-state index contributed by atoms with van der Waals surface area (Å²) < 4.78 is 34.7. The molecule has 5 rings (SSSR count). The first-order chi connectivity index (χ1) is 15.9. The molecule has 1 fully saturated rings. The van der Waals surface area contributed by atoms with Crippen LogP contribution in [-0.4, -0.2) is 43.9 Å². The number of carbonyl (C=O) groups excluding carboxylic acids is 1. The van der Waals surface area contributed by atoms with Crippen molar-refractivity contribution < 1.29 is 17.9 Å². The second-order valence-electron chi connectivity index (χ2n) is 7.90. The van der Waals surface area contributed by atoms with Gasteiger partial charge in [0.1, 0.15) is 11.8 Å². The molecule has 0 bridgehead atoms. The van der Waals surface area contributed by atoms with Crippen molar-refractivity contribution in [3.63, 3.8) is 0 Å². The molecule has 0 spiro atoms. The molecule has 3 heterocycles. The molecule has 2 aromatic heterocycles. The van der Waals surface area contributed by atoms with E-state index in [2.05, 4.69) is 9.71 Å². The number of amides is 1. The number of thiophene rings is 1. The molecule has 10 heteroatoms. The molecular formula is C23H21N3O5S2. The first-order valence-electron chi connectivity index (χ1n) is 10.3. The van der Waals surface area contributed by atoms with Gasteiger partial charge in [0.15, 0.2) is 0 Å². The monoisotopic (exact) mass is 483 g/mol. The highest BCUT2D eigenvalue weighted by molar-refractivity contribution is 7.89. The average molecular weight is 484 g/mol. The van der Waals surface area contributed by atoms with Crippen molar-refractivity contribution in [1.29, 1.82) is 0 Å². The summed E-state index contributed by atoms with van der Waals surface area (Å²) in [7, 11) is -2.35. The van der Waals surface area contributed by atoms with Crippen LogP contribution in [0.3, 0.4) is 0 Å². The van der Waals surface area contributed by atoms with Crippen LogP contribution < -0.4 is 15.0 Å². The van der Waals surface area contributed by atoms with Gasteiger partial charge >= 0.3 is 0 Å². The zero-order valence-electron chi connectivity index (χ0n) is 17.7. The minimum atomic E-state index is -3.91. The van der Waals surface area contributed by atoms with Crippen LogP contribution in [0.25, 0.3) is 20.9 Å². The van der Waals surface area contributed by atoms with E-state index in [1.807, 2.05) is 23.6 Å². The Hall–Kier alpha value is -3.21. The van der Waals surface area contributed by atoms with Crippen LogP contribution in [0.1, 0.15) is 12.0 Å². The van der Waals surface area contributed by atoms with E-state index in [1.165, 1.54) is 17.4 Å². The maximum absolute atomic E-state index is 13.0. The summed E-state index contributed by atoms with van der Waals surface area (Å²) in [5.74, 6) is 0.333. The Morgan fingerprint density at radius 1 is 1.15 bits per heavy atom. The van der Waals surface area contributed by atoms with Crippen LogP contribution in [0.4, 0.5) is 0 Å². The van der Waals surface area contributed by atoms with E-state index in [1.54, 1.807) is 36.4 Å². The number of sulfonamides is 1. The third-order valence-corrected chi connectivity index (χ3v) is 8.32. The molecule has 2 aromatic carbocycles. The number of fused-ring (bicyclic) bond motifs is 2. The number of aromatic nitrogens is 1. The third-order valence-electron chi connectivity index (χ3n) is 5.86. The van der Waals surface area contributed by atoms with Crippen molar-refractivity contribution in [3.8, 4) is 5.75 Å². The van der Waals surface area contributed by atoms with Crippen LogP contribution in [0.15, 0.2) is 63.7 Å². The highest BCUT2D eigenvalue weighted by atomic mass is 32.2. The zero-order chi connectivity index (χ0) is 23.2. The van der Waals surface area contributed by atoms with E-state index in [4.69, 9.17) is 4.74 Å². The van der Waals surface area contributed by atoms with Crippen LogP contribution in [0.2, 0.25) is 0 Å². The number of pyridine rings is 1. The van der Waals surface area contributed by atoms with Crippen molar-refractivity contribution in [2.24, 2.45) is 0 Å². The van der Waals surface area contributed by atoms with Gasteiger partial charge in [0, 0.05) is 24.0 Å². The van der Waals surface area contributed by atoms with Gasteiger partial charge in [0.2, 0.25) is 15.9 Å². The Labute approximate surface area is 193 Å². The van der Waals surface area contributed by atoms with Gasteiger partial charge in [-0.2, -0.15) is 4.72 Å². The number of H-pyrrole nitrogens is 1. The largest absolute Gasteiger partial charge is 0.497 e. The summed E-state index contributed by atoms with van der Waals surface area (Å²) in [5, 5.41) is 4.06. The molecule has 0 saturated carbocycles. The SMILES string of the molecule is COc1ccc2ccc(S(=O)(=O)NC3CCN(Cc4csc5cc[nH]c(=O)c45)C3=O)cc2c1. The number of carbonyl (C=O) groups is 1. The maximum Gasteiger partial charge on any atom is 0.257 e. The lowest BCUT2D eigenvalue weighted by Gasteiger charge is -2.17. The number of likely N-dealkylation sites (tertiary alicyclic amines) is 1. The molecule has 2 N–H and O–H groups in total. The molecule has 1 aliphatic heterocycles. The van der Waals surface area contributed by atoms with Crippen LogP contribution in [0, 0.1) is 0 Å². The number of rotatable bonds is 6. The van der Waals surface area contributed by atoms with Crippen LogP contribution >= 0.6 is 11.3 Å². The third kappa shape index (κ3) is 4.01. The minimum Gasteiger partial charge on any atom is -0.497 e. The average Bonchev–Trinajstić information content (AvgIpc) is 3.37. The van der Waals surface area contributed by atoms with Crippen molar-refractivity contribution >= 4 is 48.1 Å². The Morgan fingerprint density at radius 3 is 2.79 bits per heavy atom. The number of nitrogens with zero attached hydrogens (tertiary/aromatic N) is 1. The summed E-state index contributed by atoms with van der Waals surface area (Å²) >= 11 is 1.45. The van der Waals surface area contributed by atoms with E-state index in [0.717, 1.165) is 21.0 Å². The summed E-state index contributed by atoms with van der Waals surface area (Å²) in [5.41, 5.74) is 0.567.